The van der Waals surface area contributed by atoms with E-state index in [1.54, 1.807) is 11.3 Å². The maximum Gasteiger partial charge on any atom is 0.0596 e. The monoisotopic (exact) mass is 280 g/mol. The SMILES string of the molecule is Cc1ccc(CC(NN)c2sccc2C)c(Cl)c1. The molecule has 0 saturated heterocycles. The molecule has 2 aromatic rings. The van der Waals surface area contributed by atoms with Gasteiger partial charge in [0.1, 0.15) is 0 Å². The summed E-state index contributed by atoms with van der Waals surface area (Å²) in [4.78, 5) is 1.27. The Morgan fingerprint density at radius 1 is 1.33 bits per heavy atom. The summed E-state index contributed by atoms with van der Waals surface area (Å²) < 4.78 is 0. The van der Waals surface area contributed by atoms with Crippen LogP contribution in [-0.2, 0) is 6.42 Å². The highest BCUT2D eigenvalue weighted by Crippen LogP contribution is 2.28. The zero-order valence-corrected chi connectivity index (χ0v) is 12.1. The summed E-state index contributed by atoms with van der Waals surface area (Å²) in [5.41, 5.74) is 6.45. The molecule has 2 nitrogen and oxygen atoms in total. The second kappa shape index (κ2) is 5.85. The highest BCUT2D eigenvalue weighted by Gasteiger charge is 2.15. The summed E-state index contributed by atoms with van der Waals surface area (Å²) in [5.74, 6) is 5.67. The molecule has 0 aliphatic heterocycles. The lowest BCUT2D eigenvalue weighted by atomic mass is 10.0. The van der Waals surface area contributed by atoms with Crippen molar-refractivity contribution in [1.29, 1.82) is 0 Å². The van der Waals surface area contributed by atoms with Crippen LogP contribution in [0.1, 0.15) is 27.6 Å². The van der Waals surface area contributed by atoms with E-state index >= 15 is 0 Å². The van der Waals surface area contributed by atoms with Gasteiger partial charge < -0.3 is 0 Å². The molecule has 1 aromatic heterocycles. The largest absolute Gasteiger partial charge is 0.271 e. The van der Waals surface area contributed by atoms with E-state index in [9.17, 15) is 0 Å². The third-order valence-corrected chi connectivity index (χ3v) is 4.54. The number of thiophene rings is 1. The van der Waals surface area contributed by atoms with E-state index < -0.39 is 0 Å². The molecule has 0 amide bonds. The second-order valence-electron chi connectivity index (χ2n) is 4.49. The van der Waals surface area contributed by atoms with Crippen LogP contribution in [0.4, 0.5) is 0 Å². The molecule has 1 atom stereocenters. The molecule has 0 saturated carbocycles. The van der Waals surface area contributed by atoms with Crippen molar-refractivity contribution < 1.29 is 0 Å². The molecule has 1 unspecified atom stereocenters. The summed E-state index contributed by atoms with van der Waals surface area (Å²) in [5, 5.41) is 2.90. The molecule has 2 rings (SSSR count). The summed E-state index contributed by atoms with van der Waals surface area (Å²) in [7, 11) is 0. The van der Waals surface area contributed by atoms with E-state index in [0.29, 0.717) is 0 Å². The topological polar surface area (TPSA) is 38.0 Å². The summed E-state index contributed by atoms with van der Waals surface area (Å²) >= 11 is 7.99. The third kappa shape index (κ3) is 2.93. The first-order chi connectivity index (χ1) is 8.61. The van der Waals surface area contributed by atoms with Crippen molar-refractivity contribution in [3.05, 3.63) is 56.2 Å². The first kappa shape index (κ1) is 13.6. The number of halogens is 1. The molecule has 96 valence electrons. The Hall–Kier alpha value is -0.870. The quantitative estimate of drug-likeness (QED) is 0.661. The Morgan fingerprint density at radius 2 is 2.11 bits per heavy atom. The van der Waals surface area contributed by atoms with Gasteiger partial charge in [-0.1, -0.05) is 23.7 Å². The maximum absolute atomic E-state index is 6.27. The summed E-state index contributed by atoms with van der Waals surface area (Å²) in [6.45, 7) is 4.14. The van der Waals surface area contributed by atoms with Crippen molar-refractivity contribution in [3.8, 4) is 0 Å². The van der Waals surface area contributed by atoms with Crippen LogP contribution in [0.25, 0.3) is 0 Å². The van der Waals surface area contributed by atoms with Crippen molar-refractivity contribution in [2.24, 2.45) is 5.84 Å². The number of hydrogen-bond donors (Lipinski definition) is 2. The van der Waals surface area contributed by atoms with Crippen LogP contribution in [0.3, 0.4) is 0 Å². The Balaban J connectivity index is 2.23. The van der Waals surface area contributed by atoms with Gasteiger partial charge in [0.25, 0.3) is 0 Å². The van der Waals surface area contributed by atoms with Crippen molar-refractivity contribution in [1.82, 2.24) is 5.43 Å². The average molecular weight is 281 g/mol. The number of rotatable bonds is 4. The van der Waals surface area contributed by atoms with E-state index in [-0.39, 0.29) is 6.04 Å². The normalized spacial score (nSPS) is 12.7. The number of nitrogens with one attached hydrogen (secondary N) is 1. The predicted molar refractivity (Wildman–Crippen MR) is 79.0 cm³/mol. The van der Waals surface area contributed by atoms with Gasteiger partial charge in [-0.15, -0.1) is 11.3 Å². The Kier molecular flexibility index (Phi) is 4.40. The van der Waals surface area contributed by atoms with Gasteiger partial charge in [0.2, 0.25) is 0 Å². The molecular weight excluding hydrogens is 264 g/mol. The Labute approximate surface area is 117 Å². The van der Waals surface area contributed by atoms with Gasteiger partial charge in [-0.2, -0.15) is 0 Å². The molecule has 0 radical (unpaired) electrons. The van der Waals surface area contributed by atoms with Crippen molar-refractivity contribution in [3.63, 3.8) is 0 Å². The highest BCUT2D eigenvalue weighted by atomic mass is 35.5. The predicted octanol–water partition coefficient (Wildman–Crippen LogP) is 3.77. The van der Waals surface area contributed by atoms with Gasteiger partial charge >= 0.3 is 0 Å². The fourth-order valence-corrected chi connectivity index (χ4v) is 3.31. The molecule has 1 aromatic carbocycles. The van der Waals surface area contributed by atoms with E-state index in [4.69, 9.17) is 17.4 Å². The van der Waals surface area contributed by atoms with Gasteiger partial charge in [-0.3, -0.25) is 11.3 Å². The van der Waals surface area contributed by atoms with Crippen molar-refractivity contribution in [2.45, 2.75) is 26.3 Å². The lowest BCUT2D eigenvalue weighted by molar-refractivity contribution is 0.558. The van der Waals surface area contributed by atoms with Gasteiger partial charge in [-0.25, -0.2) is 0 Å². The molecule has 4 heteroatoms. The summed E-state index contributed by atoms with van der Waals surface area (Å²) in [6.07, 6.45) is 0.803. The molecule has 0 aliphatic rings. The molecule has 1 heterocycles. The minimum absolute atomic E-state index is 0.116. The van der Waals surface area contributed by atoms with Crippen LogP contribution in [0, 0.1) is 13.8 Å². The zero-order valence-electron chi connectivity index (χ0n) is 10.5. The molecule has 18 heavy (non-hydrogen) atoms. The number of hydrazine groups is 1. The standard InChI is InChI=1S/C14H17ClN2S/c1-9-3-4-11(12(15)7-9)8-13(17-16)14-10(2)5-6-18-14/h3-7,13,17H,8,16H2,1-2H3. The fraction of sp³-hybridized carbons (Fsp3) is 0.286. The van der Waals surface area contributed by atoms with Gasteiger partial charge in [0.15, 0.2) is 0 Å². The van der Waals surface area contributed by atoms with E-state index in [0.717, 1.165) is 17.0 Å². The fourth-order valence-electron chi connectivity index (χ4n) is 2.01. The van der Waals surface area contributed by atoms with Crippen LogP contribution in [0.5, 0.6) is 0 Å². The van der Waals surface area contributed by atoms with Gasteiger partial charge in [0.05, 0.1) is 6.04 Å². The minimum atomic E-state index is 0.116. The van der Waals surface area contributed by atoms with Crippen LogP contribution in [0.2, 0.25) is 5.02 Å². The van der Waals surface area contributed by atoms with Gasteiger partial charge in [-0.05, 0) is 54.5 Å². The minimum Gasteiger partial charge on any atom is -0.271 e. The first-order valence-corrected chi connectivity index (χ1v) is 7.12. The van der Waals surface area contributed by atoms with Crippen LogP contribution in [0.15, 0.2) is 29.6 Å². The smallest absolute Gasteiger partial charge is 0.0596 e. The van der Waals surface area contributed by atoms with Crippen LogP contribution in [-0.4, -0.2) is 0 Å². The Bertz CT molecular complexity index is 536. The summed E-state index contributed by atoms with van der Waals surface area (Å²) in [6, 6.07) is 8.37. The van der Waals surface area contributed by atoms with Crippen LogP contribution < -0.4 is 11.3 Å². The number of aryl methyl sites for hydroxylation is 2. The lowest BCUT2D eigenvalue weighted by Crippen LogP contribution is -2.29. The number of nitrogens with two attached hydrogens (primary N) is 1. The molecule has 3 N–H and O–H groups in total. The molecule has 0 bridgehead atoms. The number of benzene rings is 1. The molecule has 0 spiro atoms. The highest BCUT2D eigenvalue weighted by molar-refractivity contribution is 7.10. The maximum atomic E-state index is 6.27. The second-order valence-corrected chi connectivity index (χ2v) is 5.84. The lowest BCUT2D eigenvalue weighted by Gasteiger charge is -2.16. The molecular formula is C14H17ClN2S. The zero-order chi connectivity index (χ0) is 13.1. The van der Waals surface area contributed by atoms with Gasteiger partial charge in [0, 0.05) is 9.90 Å². The van der Waals surface area contributed by atoms with Crippen molar-refractivity contribution in [2.75, 3.05) is 0 Å². The first-order valence-electron chi connectivity index (χ1n) is 5.87. The van der Waals surface area contributed by atoms with Crippen molar-refractivity contribution >= 4 is 22.9 Å². The number of hydrogen-bond acceptors (Lipinski definition) is 3. The third-order valence-electron chi connectivity index (χ3n) is 3.05. The van der Waals surface area contributed by atoms with E-state index in [2.05, 4.69) is 35.9 Å². The Morgan fingerprint density at radius 3 is 2.67 bits per heavy atom. The van der Waals surface area contributed by atoms with E-state index in [1.807, 2.05) is 13.0 Å². The molecule has 0 aliphatic carbocycles. The average Bonchev–Trinajstić information content (AvgIpc) is 2.75. The van der Waals surface area contributed by atoms with E-state index in [1.165, 1.54) is 16.0 Å². The molecule has 0 fully saturated rings. The van der Waals surface area contributed by atoms with Crippen LogP contribution >= 0.6 is 22.9 Å².